The molecule has 33 heavy (non-hydrogen) atoms. The van der Waals surface area contributed by atoms with E-state index in [1.807, 2.05) is 10.4 Å². The van der Waals surface area contributed by atoms with Crippen molar-refractivity contribution >= 4 is 27.2 Å². The topological polar surface area (TPSA) is 144 Å². The van der Waals surface area contributed by atoms with Crippen LogP contribution in [0.15, 0.2) is 50.0 Å². The summed E-state index contributed by atoms with van der Waals surface area (Å²) in [6.45, 7) is 2.36. The van der Waals surface area contributed by atoms with Gasteiger partial charge in [-0.15, -0.1) is 5.10 Å². The molecule has 10 nitrogen and oxygen atoms in total. The predicted octanol–water partition coefficient (Wildman–Crippen LogP) is 1.38. The van der Waals surface area contributed by atoms with E-state index in [-0.39, 0.29) is 18.3 Å². The number of nitrogens with one attached hydrogen (secondary N) is 2. The van der Waals surface area contributed by atoms with Gasteiger partial charge in [0.05, 0.1) is 34.2 Å². The second-order valence-electron chi connectivity index (χ2n) is 7.80. The van der Waals surface area contributed by atoms with Gasteiger partial charge in [0.2, 0.25) is 0 Å². The zero-order chi connectivity index (χ0) is 23.4. The number of benzene rings is 1. The van der Waals surface area contributed by atoms with Crippen LogP contribution in [0.25, 0.3) is 11.5 Å². The third kappa shape index (κ3) is 5.17. The van der Waals surface area contributed by atoms with E-state index >= 15 is 0 Å². The number of carbonyl (C=O) groups excluding carboxylic acids is 1. The fraction of sp³-hybridized carbons (Fsp3) is 0.364. The van der Waals surface area contributed by atoms with Crippen molar-refractivity contribution in [1.82, 2.24) is 14.5 Å². The summed E-state index contributed by atoms with van der Waals surface area (Å²) in [4.78, 5) is 25.3. The Labute approximate surface area is 191 Å². The maximum atomic E-state index is 13.6. The zero-order valence-electron chi connectivity index (χ0n) is 18.2. The molecular formula is C22H27N5O5S. The highest BCUT2D eigenvalue weighted by Gasteiger charge is 2.25. The lowest BCUT2D eigenvalue weighted by Crippen LogP contribution is -2.41. The molecule has 0 saturated carbocycles. The number of anilines is 1. The summed E-state index contributed by atoms with van der Waals surface area (Å²) in [5, 5.41) is 8.95. The third-order valence-corrected chi connectivity index (χ3v) is 7.94. The van der Waals surface area contributed by atoms with Gasteiger partial charge in [-0.1, -0.05) is 12.1 Å². The molecule has 2 aromatic rings. The molecule has 1 aromatic heterocycles. The normalized spacial score (nSPS) is 19.2. The molecule has 1 atom stereocenters. The molecule has 4 rings (SSSR count). The Morgan fingerprint density at radius 1 is 1.33 bits per heavy atom. The number of rotatable bonds is 6. The summed E-state index contributed by atoms with van der Waals surface area (Å²) in [6, 6.07) is 5.16. The number of carbonyl (C=O) groups is 1. The average molecular weight is 474 g/mol. The highest BCUT2D eigenvalue weighted by molar-refractivity contribution is 8.01. The van der Waals surface area contributed by atoms with Crippen molar-refractivity contribution in [3.05, 3.63) is 56.9 Å². The van der Waals surface area contributed by atoms with Crippen molar-refractivity contribution in [1.29, 1.82) is 0 Å². The summed E-state index contributed by atoms with van der Waals surface area (Å²) >= 11 is 0. The first kappa shape index (κ1) is 23.2. The first-order valence-corrected chi connectivity index (χ1v) is 12.4. The molecule has 2 heterocycles. The van der Waals surface area contributed by atoms with Crippen molar-refractivity contribution in [2.45, 2.75) is 25.8 Å². The van der Waals surface area contributed by atoms with Crippen LogP contribution in [0.4, 0.5) is 5.69 Å². The maximum Gasteiger partial charge on any atom is 0.434 e. The van der Waals surface area contributed by atoms with Gasteiger partial charge in [0.25, 0.3) is 11.8 Å². The van der Waals surface area contributed by atoms with E-state index < -0.39 is 15.5 Å². The van der Waals surface area contributed by atoms with Crippen LogP contribution < -0.4 is 16.8 Å². The van der Waals surface area contributed by atoms with Gasteiger partial charge < -0.3 is 20.2 Å². The molecule has 0 bridgehead atoms. The number of allylic oxidation sites excluding steroid dienone is 2. The Morgan fingerprint density at radius 2 is 2.12 bits per heavy atom. The fourth-order valence-corrected chi connectivity index (χ4v) is 5.64. The molecule has 11 heteroatoms. The Hall–Kier alpha value is -2.99. The lowest BCUT2D eigenvalue weighted by molar-refractivity contribution is -0.112. The minimum absolute atomic E-state index is 0.0461. The first-order valence-electron chi connectivity index (χ1n) is 10.7. The second kappa shape index (κ2) is 9.87. The molecule has 4 N–H and O–H groups in total. The summed E-state index contributed by atoms with van der Waals surface area (Å²) < 4.78 is 25.8. The SMILES string of the molecule is C=S(=O)(C1=CC(C(=O)Nc2ccc(CN)cc2-c2n[nH]c(=O)o2)=CCCC1)N1CCOCC1. The monoisotopic (exact) mass is 473 g/mol. The first-order chi connectivity index (χ1) is 15.9. The molecule has 1 aromatic carbocycles. The number of morpholine rings is 1. The van der Waals surface area contributed by atoms with E-state index in [0.29, 0.717) is 60.9 Å². The van der Waals surface area contributed by atoms with E-state index in [1.54, 1.807) is 24.3 Å². The number of amides is 1. The lowest BCUT2D eigenvalue weighted by Gasteiger charge is -2.31. The number of hydrogen-bond acceptors (Lipinski definition) is 7. The second-order valence-corrected chi connectivity index (χ2v) is 10.1. The summed E-state index contributed by atoms with van der Waals surface area (Å²) in [5.74, 6) is 2.99. The molecular weight excluding hydrogens is 446 g/mol. The highest BCUT2D eigenvalue weighted by Crippen LogP contribution is 2.29. The number of hydrogen-bond donors (Lipinski definition) is 3. The summed E-state index contributed by atoms with van der Waals surface area (Å²) in [7, 11) is -2.69. The van der Waals surface area contributed by atoms with Gasteiger partial charge in [-0.25, -0.2) is 18.4 Å². The van der Waals surface area contributed by atoms with Crippen LogP contribution in [0.5, 0.6) is 0 Å². The van der Waals surface area contributed by atoms with E-state index in [2.05, 4.69) is 21.4 Å². The summed E-state index contributed by atoms with van der Waals surface area (Å²) in [5.41, 5.74) is 7.77. The van der Waals surface area contributed by atoms with Crippen molar-refractivity contribution in [2.24, 2.45) is 5.73 Å². The van der Waals surface area contributed by atoms with Crippen LogP contribution in [-0.2, 0) is 25.8 Å². The molecule has 1 aliphatic carbocycles. The van der Waals surface area contributed by atoms with Crippen molar-refractivity contribution in [3.8, 4) is 11.5 Å². The van der Waals surface area contributed by atoms with Crippen LogP contribution in [0.1, 0.15) is 24.8 Å². The fourth-order valence-electron chi connectivity index (χ4n) is 3.80. The molecule has 1 saturated heterocycles. The molecule has 1 unspecified atom stereocenters. The molecule has 1 amide bonds. The minimum Gasteiger partial charge on any atom is -0.388 e. The number of H-pyrrole nitrogens is 1. The lowest BCUT2D eigenvalue weighted by atomic mass is 10.1. The van der Waals surface area contributed by atoms with E-state index in [0.717, 1.165) is 12.0 Å². The van der Waals surface area contributed by atoms with E-state index in [4.69, 9.17) is 14.9 Å². The number of aromatic nitrogens is 2. The van der Waals surface area contributed by atoms with Crippen LogP contribution in [0.2, 0.25) is 0 Å². The molecule has 1 fully saturated rings. The minimum atomic E-state index is -2.69. The average Bonchev–Trinajstić information content (AvgIpc) is 3.10. The van der Waals surface area contributed by atoms with Crippen LogP contribution in [-0.4, -0.2) is 56.8 Å². The molecule has 2 aliphatic rings. The van der Waals surface area contributed by atoms with Gasteiger partial charge in [0, 0.05) is 30.1 Å². The summed E-state index contributed by atoms with van der Waals surface area (Å²) in [6.07, 6.45) is 5.57. The number of aromatic amines is 1. The smallest absolute Gasteiger partial charge is 0.388 e. The Kier molecular flexibility index (Phi) is 6.94. The largest absolute Gasteiger partial charge is 0.434 e. The highest BCUT2D eigenvalue weighted by atomic mass is 32.2. The van der Waals surface area contributed by atoms with Gasteiger partial charge in [-0.2, -0.15) is 0 Å². The maximum absolute atomic E-state index is 13.6. The van der Waals surface area contributed by atoms with Gasteiger partial charge >= 0.3 is 5.76 Å². The van der Waals surface area contributed by atoms with Crippen molar-refractivity contribution in [3.63, 3.8) is 0 Å². The van der Waals surface area contributed by atoms with E-state index in [1.165, 1.54) is 0 Å². The quantitative estimate of drug-likeness (QED) is 0.538. The van der Waals surface area contributed by atoms with Crippen molar-refractivity contribution in [2.75, 3.05) is 31.6 Å². The molecule has 176 valence electrons. The number of nitrogens with zero attached hydrogens (tertiary/aromatic N) is 2. The Bertz CT molecular complexity index is 1250. The van der Waals surface area contributed by atoms with Crippen LogP contribution >= 0.6 is 0 Å². The standard InChI is InChI=1S/C22H27N5O5S/c1-33(30,27-8-10-31-11-9-27)17-5-3-2-4-16(13-17)20(28)24-19-7-6-15(14-23)12-18(19)21-25-26-22(29)32-21/h4,6-7,12-13H,1-3,5,8-11,14,23H2,(H,24,28)(H,26,29). The van der Waals surface area contributed by atoms with Gasteiger partial charge in [-0.05, 0) is 48.9 Å². The van der Waals surface area contributed by atoms with Crippen LogP contribution in [0.3, 0.4) is 0 Å². The predicted molar refractivity (Wildman–Crippen MR) is 127 cm³/mol. The zero-order valence-corrected chi connectivity index (χ0v) is 19.0. The third-order valence-electron chi connectivity index (χ3n) is 5.60. The van der Waals surface area contributed by atoms with E-state index in [9.17, 15) is 13.8 Å². The van der Waals surface area contributed by atoms with Gasteiger partial charge in [0.15, 0.2) is 0 Å². The Morgan fingerprint density at radius 3 is 2.82 bits per heavy atom. The molecule has 0 spiro atoms. The van der Waals surface area contributed by atoms with Crippen LogP contribution in [0, 0.1) is 0 Å². The number of nitrogens with two attached hydrogens (primary N) is 1. The number of ether oxygens (including phenoxy) is 1. The van der Waals surface area contributed by atoms with Gasteiger partial charge in [-0.3, -0.25) is 4.79 Å². The van der Waals surface area contributed by atoms with Gasteiger partial charge in [0.1, 0.15) is 0 Å². The van der Waals surface area contributed by atoms with Crippen molar-refractivity contribution < 1.29 is 18.2 Å². The molecule has 0 radical (unpaired) electrons. The Balaban J connectivity index is 1.62. The molecule has 1 aliphatic heterocycles.